The Morgan fingerprint density at radius 3 is 2.70 bits per heavy atom. The molecule has 3 nitrogen and oxygen atoms in total. The van der Waals surface area contributed by atoms with E-state index in [1.54, 1.807) is 0 Å². The number of nitrogens with one attached hydrogen (secondary N) is 1. The topological polar surface area (TPSA) is 41.5 Å². The van der Waals surface area contributed by atoms with Crippen molar-refractivity contribution in [3.8, 4) is 0 Å². The first-order chi connectivity index (χ1) is 9.43. The van der Waals surface area contributed by atoms with E-state index in [1.807, 2.05) is 0 Å². The molecule has 0 aromatic rings. The zero-order valence-corrected chi connectivity index (χ0v) is 12.1. The van der Waals surface area contributed by atoms with Gasteiger partial charge in [0.2, 0.25) is 0 Å². The summed E-state index contributed by atoms with van der Waals surface area (Å²) in [5.41, 5.74) is -0.261. The first kappa shape index (κ1) is 17.7. The molecular formula is C14H26F3NO2. The van der Waals surface area contributed by atoms with Gasteiger partial charge in [-0.05, 0) is 38.1 Å². The normalized spacial score (nSPS) is 27.1. The van der Waals surface area contributed by atoms with Crippen LogP contribution in [0.25, 0.3) is 0 Å². The van der Waals surface area contributed by atoms with Crippen molar-refractivity contribution in [3.63, 3.8) is 0 Å². The average molecular weight is 297 g/mol. The summed E-state index contributed by atoms with van der Waals surface area (Å²) in [6.07, 6.45) is -0.366. The molecule has 1 saturated carbocycles. The third-order valence-corrected chi connectivity index (χ3v) is 4.11. The second kappa shape index (κ2) is 8.20. The van der Waals surface area contributed by atoms with Gasteiger partial charge in [-0.25, -0.2) is 0 Å². The molecule has 0 radical (unpaired) electrons. The van der Waals surface area contributed by atoms with Crippen LogP contribution in [0.2, 0.25) is 0 Å². The van der Waals surface area contributed by atoms with Crippen LogP contribution in [0.5, 0.6) is 0 Å². The lowest BCUT2D eigenvalue weighted by atomic mass is 9.85. The predicted molar refractivity (Wildman–Crippen MR) is 71.6 cm³/mol. The highest BCUT2D eigenvalue weighted by atomic mass is 19.4. The SMILES string of the molecule is CCCNC1(CO)CCCC1CCOCCC(F)(F)F. The van der Waals surface area contributed by atoms with E-state index in [1.165, 1.54) is 0 Å². The minimum atomic E-state index is -4.15. The molecule has 1 aliphatic carbocycles. The summed E-state index contributed by atoms with van der Waals surface area (Å²) in [5, 5.41) is 13.1. The molecule has 1 aliphatic rings. The summed E-state index contributed by atoms with van der Waals surface area (Å²) in [6.45, 7) is 3.07. The molecule has 0 aliphatic heterocycles. The second-order valence-corrected chi connectivity index (χ2v) is 5.60. The van der Waals surface area contributed by atoms with E-state index in [9.17, 15) is 18.3 Å². The van der Waals surface area contributed by atoms with Crippen molar-refractivity contribution in [2.75, 3.05) is 26.4 Å². The maximum atomic E-state index is 12.0. The van der Waals surface area contributed by atoms with Gasteiger partial charge >= 0.3 is 6.18 Å². The van der Waals surface area contributed by atoms with Crippen LogP contribution in [0, 0.1) is 5.92 Å². The number of halogens is 3. The van der Waals surface area contributed by atoms with Crippen LogP contribution >= 0.6 is 0 Å². The highest BCUT2D eigenvalue weighted by Gasteiger charge is 2.41. The van der Waals surface area contributed by atoms with Crippen LogP contribution in [0.3, 0.4) is 0 Å². The quantitative estimate of drug-likeness (QED) is 0.643. The molecule has 20 heavy (non-hydrogen) atoms. The van der Waals surface area contributed by atoms with Crippen LogP contribution < -0.4 is 5.32 Å². The Kier molecular flexibility index (Phi) is 7.26. The molecule has 2 N–H and O–H groups in total. The molecule has 1 fully saturated rings. The number of rotatable bonds is 9. The molecule has 120 valence electrons. The third kappa shape index (κ3) is 5.58. The largest absolute Gasteiger partial charge is 0.394 e. The summed E-state index contributed by atoms with van der Waals surface area (Å²) in [7, 11) is 0. The van der Waals surface area contributed by atoms with Crippen LogP contribution in [0.4, 0.5) is 13.2 Å². The summed E-state index contributed by atoms with van der Waals surface area (Å²) >= 11 is 0. The van der Waals surface area contributed by atoms with E-state index < -0.39 is 12.6 Å². The van der Waals surface area contributed by atoms with Gasteiger partial charge in [0.25, 0.3) is 0 Å². The van der Waals surface area contributed by atoms with E-state index in [-0.39, 0.29) is 24.7 Å². The van der Waals surface area contributed by atoms with Gasteiger partial charge in [-0.15, -0.1) is 0 Å². The van der Waals surface area contributed by atoms with E-state index in [2.05, 4.69) is 12.2 Å². The highest BCUT2D eigenvalue weighted by molar-refractivity contribution is 4.98. The average Bonchev–Trinajstić information content (AvgIpc) is 2.78. The molecule has 0 aromatic carbocycles. The molecule has 0 spiro atoms. The zero-order valence-electron chi connectivity index (χ0n) is 12.1. The van der Waals surface area contributed by atoms with Gasteiger partial charge in [-0.1, -0.05) is 13.3 Å². The fourth-order valence-electron chi connectivity index (χ4n) is 2.95. The minimum absolute atomic E-state index is 0.0835. The number of aliphatic hydroxyl groups excluding tert-OH is 1. The van der Waals surface area contributed by atoms with Crippen molar-refractivity contribution < 1.29 is 23.0 Å². The first-order valence-electron chi connectivity index (χ1n) is 7.44. The van der Waals surface area contributed by atoms with Gasteiger partial charge in [0.1, 0.15) is 0 Å². The first-order valence-corrected chi connectivity index (χ1v) is 7.44. The molecule has 0 heterocycles. The lowest BCUT2D eigenvalue weighted by molar-refractivity contribution is -0.145. The van der Waals surface area contributed by atoms with Gasteiger partial charge in [0.05, 0.1) is 19.6 Å². The van der Waals surface area contributed by atoms with Crippen LogP contribution in [-0.4, -0.2) is 43.2 Å². The zero-order chi connectivity index (χ0) is 15.1. The van der Waals surface area contributed by atoms with E-state index in [0.29, 0.717) is 13.0 Å². The third-order valence-electron chi connectivity index (χ3n) is 4.11. The van der Waals surface area contributed by atoms with Crippen molar-refractivity contribution in [2.24, 2.45) is 5.92 Å². The number of ether oxygens (including phenoxy) is 1. The molecule has 0 saturated heterocycles. The number of alkyl halides is 3. The Balaban J connectivity index is 2.30. The van der Waals surface area contributed by atoms with Gasteiger partial charge in [0, 0.05) is 12.1 Å². The standard InChI is InChI=1S/C14H26F3NO2/c1-2-8-18-13(11-19)6-3-4-12(13)5-9-20-10-7-14(15,16)17/h12,18-19H,2-11H2,1H3. The Hall–Kier alpha value is -0.330. The summed E-state index contributed by atoms with van der Waals surface area (Å²) in [6, 6.07) is 0. The van der Waals surface area contributed by atoms with E-state index in [4.69, 9.17) is 4.74 Å². The fraction of sp³-hybridized carbons (Fsp3) is 1.00. The Morgan fingerprint density at radius 1 is 1.35 bits per heavy atom. The summed E-state index contributed by atoms with van der Waals surface area (Å²) in [5.74, 6) is 0.282. The maximum Gasteiger partial charge on any atom is 0.391 e. The molecule has 0 amide bonds. The number of aliphatic hydroxyl groups is 1. The Morgan fingerprint density at radius 2 is 2.10 bits per heavy atom. The Labute approximate surface area is 118 Å². The van der Waals surface area contributed by atoms with Crippen molar-refractivity contribution in [1.29, 1.82) is 0 Å². The maximum absolute atomic E-state index is 12.0. The van der Waals surface area contributed by atoms with E-state index in [0.717, 1.165) is 32.2 Å². The van der Waals surface area contributed by atoms with Gasteiger partial charge in [-0.2, -0.15) is 13.2 Å². The molecule has 6 heteroatoms. The van der Waals surface area contributed by atoms with Gasteiger partial charge < -0.3 is 15.2 Å². The molecular weight excluding hydrogens is 271 g/mol. The second-order valence-electron chi connectivity index (χ2n) is 5.60. The van der Waals surface area contributed by atoms with Crippen LogP contribution in [-0.2, 0) is 4.74 Å². The molecule has 1 rings (SSSR count). The number of hydrogen-bond acceptors (Lipinski definition) is 3. The smallest absolute Gasteiger partial charge is 0.391 e. The van der Waals surface area contributed by atoms with Gasteiger partial charge in [0.15, 0.2) is 0 Å². The lowest BCUT2D eigenvalue weighted by Crippen LogP contribution is -2.51. The monoisotopic (exact) mass is 297 g/mol. The fourth-order valence-corrected chi connectivity index (χ4v) is 2.95. The van der Waals surface area contributed by atoms with Crippen molar-refractivity contribution in [1.82, 2.24) is 5.32 Å². The van der Waals surface area contributed by atoms with Crippen LogP contribution in [0.15, 0.2) is 0 Å². The Bertz CT molecular complexity index is 274. The molecule has 0 aromatic heterocycles. The summed E-state index contributed by atoms with van der Waals surface area (Å²) in [4.78, 5) is 0. The van der Waals surface area contributed by atoms with Crippen molar-refractivity contribution in [2.45, 2.75) is 57.2 Å². The van der Waals surface area contributed by atoms with Crippen molar-refractivity contribution >= 4 is 0 Å². The molecule has 2 unspecified atom stereocenters. The van der Waals surface area contributed by atoms with E-state index >= 15 is 0 Å². The van der Waals surface area contributed by atoms with Gasteiger partial charge in [-0.3, -0.25) is 0 Å². The van der Waals surface area contributed by atoms with Crippen LogP contribution in [0.1, 0.15) is 45.4 Å². The molecule has 0 bridgehead atoms. The number of hydrogen-bond donors (Lipinski definition) is 2. The van der Waals surface area contributed by atoms with Crippen molar-refractivity contribution in [3.05, 3.63) is 0 Å². The minimum Gasteiger partial charge on any atom is -0.394 e. The summed E-state index contributed by atoms with van der Waals surface area (Å²) < 4.78 is 41.0. The lowest BCUT2D eigenvalue weighted by Gasteiger charge is -2.35. The highest BCUT2D eigenvalue weighted by Crippen LogP contribution is 2.37. The predicted octanol–water partition coefficient (Wildman–Crippen LogP) is 2.88. The molecule has 2 atom stereocenters.